The van der Waals surface area contributed by atoms with Crippen LogP contribution in [0.5, 0.6) is 11.5 Å². The lowest BCUT2D eigenvalue weighted by molar-refractivity contribution is -0.136. The molecular formula is C13H19NO6S. The highest BCUT2D eigenvalue weighted by atomic mass is 32.2. The van der Waals surface area contributed by atoms with Gasteiger partial charge in [0.25, 0.3) is 0 Å². The van der Waals surface area contributed by atoms with Gasteiger partial charge in [-0.05, 0) is 32.0 Å². The van der Waals surface area contributed by atoms with Crippen LogP contribution in [-0.4, -0.2) is 39.0 Å². The zero-order chi connectivity index (χ0) is 16.2. The number of sulfonamides is 1. The van der Waals surface area contributed by atoms with E-state index in [0.29, 0.717) is 17.1 Å². The average molecular weight is 317 g/mol. The topological polar surface area (TPSA) is 102 Å². The van der Waals surface area contributed by atoms with Gasteiger partial charge in [0.05, 0.1) is 14.2 Å². The molecule has 2 atom stereocenters. The summed E-state index contributed by atoms with van der Waals surface area (Å²) in [6.07, 6.45) is 0. The average Bonchev–Trinajstić information content (AvgIpc) is 2.44. The van der Waals surface area contributed by atoms with Crippen molar-refractivity contribution in [1.82, 2.24) is 4.72 Å². The number of hydrogen-bond donors (Lipinski definition) is 2. The molecule has 1 aromatic rings. The van der Waals surface area contributed by atoms with Gasteiger partial charge in [0.1, 0.15) is 11.5 Å². The van der Waals surface area contributed by atoms with Crippen LogP contribution in [0.15, 0.2) is 18.2 Å². The van der Waals surface area contributed by atoms with Gasteiger partial charge in [0.2, 0.25) is 10.0 Å². The van der Waals surface area contributed by atoms with Crippen molar-refractivity contribution < 1.29 is 27.8 Å². The summed E-state index contributed by atoms with van der Waals surface area (Å²) in [6.45, 7) is 2.71. The predicted molar refractivity (Wildman–Crippen MR) is 77.1 cm³/mol. The highest BCUT2D eigenvalue weighted by Crippen LogP contribution is 2.29. The van der Waals surface area contributed by atoms with E-state index >= 15 is 0 Å². The first-order valence-corrected chi connectivity index (χ1v) is 7.73. The molecule has 2 unspecified atom stereocenters. The lowest BCUT2D eigenvalue weighted by Gasteiger charge is -2.19. The van der Waals surface area contributed by atoms with Crippen LogP contribution in [0, 0.1) is 0 Å². The molecule has 0 heterocycles. The summed E-state index contributed by atoms with van der Waals surface area (Å²) in [7, 11) is -1.04. The first kappa shape index (κ1) is 17.3. The van der Waals surface area contributed by atoms with Gasteiger partial charge in [0.15, 0.2) is 5.25 Å². The van der Waals surface area contributed by atoms with E-state index in [2.05, 4.69) is 4.72 Å². The summed E-state index contributed by atoms with van der Waals surface area (Å²) in [5.74, 6) is -0.385. The maximum absolute atomic E-state index is 11.9. The molecule has 1 aromatic carbocycles. The van der Waals surface area contributed by atoms with E-state index in [0.717, 1.165) is 6.92 Å². The van der Waals surface area contributed by atoms with E-state index in [1.165, 1.54) is 14.2 Å². The van der Waals surface area contributed by atoms with E-state index in [9.17, 15) is 13.2 Å². The van der Waals surface area contributed by atoms with Crippen molar-refractivity contribution in [2.24, 2.45) is 0 Å². The highest BCUT2D eigenvalue weighted by Gasteiger charge is 2.30. The SMILES string of the molecule is COc1ccc(OC)c(C(C)NS(=O)(=O)C(C)C(=O)O)c1. The molecule has 0 saturated carbocycles. The fraction of sp³-hybridized carbons (Fsp3) is 0.462. The minimum absolute atomic E-state index is 0.481. The van der Waals surface area contributed by atoms with Crippen molar-refractivity contribution >= 4 is 16.0 Å². The van der Waals surface area contributed by atoms with Crippen LogP contribution >= 0.6 is 0 Å². The van der Waals surface area contributed by atoms with E-state index < -0.39 is 27.3 Å². The molecule has 0 spiro atoms. The molecule has 118 valence electrons. The second-order valence-corrected chi connectivity index (χ2v) is 6.51. The maximum Gasteiger partial charge on any atom is 0.323 e. The van der Waals surface area contributed by atoms with Crippen molar-refractivity contribution in [3.8, 4) is 11.5 Å². The predicted octanol–water partition coefficient (Wildman–Crippen LogP) is 1.16. The fourth-order valence-electron chi connectivity index (χ4n) is 1.72. The van der Waals surface area contributed by atoms with Gasteiger partial charge in [-0.15, -0.1) is 0 Å². The Bertz CT molecular complexity index is 613. The van der Waals surface area contributed by atoms with Crippen LogP contribution in [0.3, 0.4) is 0 Å². The molecule has 0 fully saturated rings. The van der Waals surface area contributed by atoms with Crippen molar-refractivity contribution in [1.29, 1.82) is 0 Å². The third-order valence-corrected chi connectivity index (χ3v) is 4.87. The number of aliphatic carboxylic acids is 1. The van der Waals surface area contributed by atoms with Gasteiger partial charge in [0, 0.05) is 11.6 Å². The number of carboxylic acids is 1. The third-order valence-electron chi connectivity index (χ3n) is 3.06. The standard InChI is InChI=1S/C13H19NO6S/c1-8(14-21(17,18)9(2)13(15)16)11-7-10(19-3)5-6-12(11)20-4/h5-9,14H,1-4H3,(H,15,16). The van der Waals surface area contributed by atoms with Crippen molar-refractivity contribution in [3.05, 3.63) is 23.8 Å². The molecular weight excluding hydrogens is 298 g/mol. The van der Waals surface area contributed by atoms with Crippen LogP contribution < -0.4 is 14.2 Å². The first-order valence-electron chi connectivity index (χ1n) is 6.18. The van der Waals surface area contributed by atoms with Gasteiger partial charge in [-0.1, -0.05) is 0 Å². The number of methoxy groups -OCH3 is 2. The van der Waals surface area contributed by atoms with Crippen LogP contribution in [0.4, 0.5) is 0 Å². The monoisotopic (exact) mass is 317 g/mol. The van der Waals surface area contributed by atoms with Crippen molar-refractivity contribution in [2.75, 3.05) is 14.2 Å². The lowest BCUT2D eigenvalue weighted by Crippen LogP contribution is -2.38. The Kier molecular flexibility index (Phi) is 5.56. The normalized spacial score (nSPS) is 14.3. The molecule has 0 radical (unpaired) electrons. The number of hydrogen-bond acceptors (Lipinski definition) is 5. The number of nitrogens with one attached hydrogen (secondary N) is 1. The summed E-state index contributed by atoms with van der Waals surface area (Å²) in [6, 6.07) is 4.31. The zero-order valence-corrected chi connectivity index (χ0v) is 13.1. The molecule has 0 saturated heterocycles. The van der Waals surface area contributed by atoms with Gasteiger partial charge < -0.3 is 14.6 Å². The van der Waals surface area contributed by atoms with Gasteiger partial charge in [-0.25, -0.2) is 13.1 Å². The minimum atomic E-state index is -4.00. The molecule has 0 bridgehead atoms. The van der Waals surface area contributed by atoms with Crippen molar-refractivity contribution in [2.45, 2.75) is 25.1 Å². The largest absolute Gasteiger partial charge is 0.497 e. The Balaban J connectivity index is 3.09. The van der Waals surface area contributed by atoms with Crippen LogP contribution in [0.25, 0.3) is 0 Å². The third kappa shape index (κ3) is 4.08. The van der Waals surface area contributed by atoms with E-state index in [4.69, 9.17) is 14.6 Å². The van der Waals surface area contributed by atoms with Gasteiger partial charge in [-0.3, -0.25) is 4.79 Å². The summed E-state index contributed by atoms with van der Waals surface area (Å²) in [4.78, 5) is 10.8. The molecule has 0 amide bonds. The number of rotatable bonds is 7. The van der Waals surface area contributed by atoms with Gasteiger partial charge in [-0.2, -0.15) is 0 Å². The molecule has 1 rings (SSSR count). The Morgan fingerprint density at radius 1 is 1.24 bits per heavy atom. The van der Waals surface area contributed by atoms with Crippen LogP contribution in [-0.2, 0) is 14.8 Å². The van der Waals surface area contributed by atoms with Crippen LogP contribution in [0.1, 0.15) is 25.5 Å². The minimum Gasteiger partial charge on any atom is -0.497 e. The number of carbonyl (C=O) groups is 1. The second-order valence-electron chi connectivity index (χ2n) is 4.47. The molecule has 2 N–H and O–H groups in total. The van der Waals surface area contributed by atoms with Crippen LogP contribution in [0.2, 0.25) is 0 Å². The van der Waals surface area contributed by atoms with Crippen molar-refractivity contribution in [3.63, 3.8) is 0 Å². The van der Waals surface area contributed by atoms with E-state index in [-0.39, 0.29) is 0 Å². The second kappa shape index (κ2) is 6.77. The van der Waals surface area contributed by atoms with E-state index in [1.807, 2.05) is 0 Å². The number of benzene rings is 1. The molecule has 0 aliphatic rings. The number of ether oxygens (including phenoxy) is 2. The molecule has 21 heavy (non-hydrogen) atoms. The fourth-order valence-corrected chi connectivity index (χ4v) is 2.81. The summed E-state index contributed by atoms with van der Waals surface area (Å²) in [5, 5.41) is 7.28. The summed E-state index contributed by atoms with van der Waals surface area (Å²) >= 11 is 0. The number of carboxylic acid groups (broad SMARTS) is 1. The Morgan fingerprint density at radius 2 is 1.86 bits per heavy atom. The summed E-state index contributed by atoms with van der Waals surface area (Å²) < 4.78 is 36.5. The molecule has 0 aromatic heterocycles. The molecule has 0 aliphatic heterocycles. The maximum atomic E-state index is 11.9. The van der Waals surface area contributed by atoms with E-state index in [1.54, 1.807) is 25.1 Å². The Hall–Kier alpha value is -1.80. The molecule has 7 nitrogen and oxygen atoms in total. The first-order chi connectivity index (χ1) is 9.72. The highest BCUT2D eigenvalue weighted by molar-refractivity contribution is 7.90. The Morgan fingerprint density at radius 3 is 2.33 bits per heavy atom. The summed E-state index contributed by atoms with van der Waals surface area (Å²) in [5.41, 5.74) is 0.554. The van der Waals surface area contributed by atoms with Gasteiger partial charge >= 0.3 is 5.97 Å². The molecule has 0 aliphatic carbocycles. The molecule has 8 heteroatoms. The smallest absolute Gasteiger partial charge is 0.323 e. The quantitative estimate of drug-likeness (QED) is 0.782. The Labute approximate surface area is 123 Å². The zero-order valence-electron chi connectivity index (χ0n) is 12.3. The lowest BCUT2D eigenvalue weighted by atomic mass is 10.1.